The molecule has 100 valence electrons. The van der Waals surface area contributed by atoms with Crippen LogP contribution in [-0.2, 0) is 13.1 Å². The zero-order valence-corrected chi connectivity index (χ0v) is 11.2. The van der Waals surface area contributed by atoms with Crippen molar-refractivity contribution < 1.29 is 4.79 Å². The van der Waals surface area contributed by atoms with Crippen LogP contribution in [0.2, 0.25) is 0 Å². The summed E-state index contributed by atoms with van der Waals surface area (Å²) in [6.07, 6.45) is 5.23. The van der Waals surface area contributed by atoms with Gasteiger partial charge in [-0.15, -0.1) is 0 Å². The Bertz CT molecular complexity index is 562. The van der Waals surface area contributed by atoms with E-state index in [0.717, 1.165) is 12.1 Å². The van der Waals surface area contributed by atoms with Crippen molar-refractivity contribution in [3.63, 3.8) is 0 Å². The number of aryl methyl sites for hydroxylation is 1. The third-order valence-corrected chi connectivity index (χ3v) is 2.99. The maximum Gasteiger partial charge on any atom is 0.270 e. The van der Waals surface area contributed by atoms with E-state index < -0.39 is 0 Å². The number of carbonyl (C=O) groups is 1. The number of rotatable bonds is 4. The van der Waals surface area contributed by atoms with Gasteiger partial charge in [0.25, 0.3) is 5.91 Å². The normalized spacial score (nSPS) is 10.4. The third kappa shape index (κ3) is 2.93. The molecule has 19 heavy (non-hydrogen) atoms. The molecule has 5 heteroatoms. The molecule has 0 aromatic carbocycles. The fraction of sp³-hybridized carbons (Fsp3) is 0.286. The summed E-state index contributed by atoms with van der Waals surface area (Å²) in [5.41, 5.74) is 8.03. The van der Waals surface area contributed by atoms with Gasteiger partial charge in [-0.25, -0.2) is 0 Å². The van der Waals surface area contributed by atoms with Crippen LogP contribution in [0.4, 0.5) is 5.69 Å². The van der Waals surface area contributed by atoms with Crippen molar-refractivity contribution in [1.29, 1.82) is 0 Å². The minimum Gasteiger partial charge on any atom is -0.397 e. The average Bonchev–Trinajstić information content (AvgIpc) is 2.80. The molecule has 2 aromatic rings. The Labute approximate surface area is 112 Å². The lowest BCUT2D eigenvalue weighted by molar-refractivity contribution is 0.0774. The van der Waals surface area contributed by atoms with Crippen molar-refractivity contribution in [3.05, 3.63) is 48.0 Å². The van der Waals surface area contributed by atoms with E-state index >= 15 is 0 Å². The predicted octanol–water partition coefficient (Wildman–Crippen LogP) is 1.76. The molecule has 0 saturated heterocycles. The summed E-state index contributed by atoms with van der Waals surface area (Å²) in [7, 11) is 1.78. The van der Waals surface area contributed by atoms with Gasteiger partial charge in [-0.05, 0) is 30.7 Å². The van der Waals surface area contributed by atoms with Crippen LogP contribution in [0.15, 0.2) is 36.8 Å². The highest BCUT2D eigenvalue weighted by Crippen LogP contribution is 2.14. The molecule has 2 N–H and O–H groups in total. The van der Waals surface area contributed by atoms with Crippen LogP contribution in [0.1, 0.15) is 23.0 Å². The first-order valence-corrected chi connectivity index (χ1v) is 6.21. The van der Waals surface area contributed by atoms with Gasteiger partial charge < -0.3 is 15.2 Å². The maximum absolute atomic E-state index is 12.4. The number of amides is 1. The Morgan fingerprint density at radius 3 is 2.74 bits per heavy atom. The molecule has 2 heterocycles. The van der Waals surface area contributed by atoms with Crippen LogP contribution in [-0.4, -0.2) is 27.4 Å². The molecule has 0 radical (unpaired) electrons. The largest absolute Gasteiger partial charge is 0.397 e. The number of hydrogen-bond acceptors (Lipinski definition) is 3. The number of nitrogens with two attached hydrogens (primary N) is 1. The third-order valence-electron chi connectivity index (χ3n) is 2.99. The molecule has 0 unspecified atom stereocenters. The van der Waals surface area contributed by atoms with Gasteiger partial charge >= 0.3 is 0 Å². The van der Waals surface area contributed by atoms with Crippen molar-refractivity contribution in [2.75, 3.05) is 12.8 Å². The zero-order chi connectivity index (χ0) is 13.8. The van der Waals surface area contributed by atoms with Gasteiger partial charge in [0, 0.05) is 38.7 Å². The molecule has 0 bridgehead atoms. The van der Waals surface area contributed by atoms with Crippen molar-refractivity contribution in [2.24, 2.45) is 0 Å². The molecular weight excluding hydrogens is 240 g/mol. The monoisotopic (exact) mass is 258 g/mol. The Morgan fingerprint density at radius 2 is 2.11 bits per heavy atom. The smallest absolute Gasteiger partial charge is 0.270 e. The highest BCUT2D eigenvalue weighted by Gasteiger charge is 2.16. The van der Waals surface area contributed by atoms with Crippen LogP contribution in [0, 0.1) is 0 Å². The van der Waals surface area contributed by atoms with Gasteiger partial charge in [0.15, 0.2) is 0 Å². The van der Waals surface area contributed by atoms with Crippen molar-refractivity contribution >= 4 is 11.6 Å². The molecule has 0 atom stereocenters. The quantitative estimate of drug-likeness (QED) is 0.908. The minimum atomic E-state index is -0.0321. The minimum absolute atomic E-state index is 0.0321. The first-order valence-electron chi connectivity index (χ1n) is 6.21. The molecule has 0 saturated carbocycles. The molecule has 0 fully saturated rings. The summed E-state index contributed by atoms with van der Waals surface area (Å²) in [6, 6.07) is 5.52. The van der Waals surface area contributed by atoms with Crippen LogP contribution in [0.5, 0.6) is 0 Å². The highest BCUT2D eigenvalue weighted by atomic mass is 16.2. The van der Waals surface area contributed by atoms with Crippen LogP contribution in [0.25, 0.3) is 0 Å². The van der Waals surface area contributed by atoms with Crippen molar-refractivity contribution in [3.8, 4) is 0 Å². The van der Waals surface area contributed by atoms with E-state index in [9.17, 15) is 4.79 Å². The summed E-state index contributed by atoms with van der Waals surface area (Å²) in [5, 5.41) is 0. The van der Waals surface area contributed by atoms with Gasteiger partial charge in [-0.1, -0.05) is 0 Å². The van der Waals surface area contributed by atoms with Crippen LogP contribution in [0.3, 0.4) is 0 Å². The van der Waals surface area contributed by atoms with Gasteiger partial charge in [-0.3, -0.25) is 9.78 Å². The van der Waals surface area contributed by atoms with Crippen LogP contribution >= 0.6 is 0 Å². The lowest BCUT2D eigenvalue weighted by Gasteiger charge is -2.18. The van der Waals surface area contributed by atoms with E-state index in [1.807, 2.05) is 23.6 Å². The fourth-order valence-electron chi connectivity index (χ4n) is 2.00. The Morgan fingerprint density at radius 1 is 1.42 bits per heavy atom. The second-order valence-corrected chi connectivity index (χ2v) is 4.46. The molecular formula is C14H18N4O. The summed E-state index contributed by atoms with van der Waals surface area (Å²) >= 11 is 0. The number of pyridine rings is 1. The highest BCUT2D eigenvalue weighted by molar-refractivity contribution is 5.93. The molecule has 2 aromatic heterocycles. The van der Waals surface area contributed by atoms with Gasteiger partial charge in [0.1, 0.15) is 5.69 Å². The topological polar surface area (TPSA) is 64.2 Å². The second kappa shape index (κ2) is 5.56. The molecule has 0 aliphatic heterocycles. The fourth-order valence-corrected chi connectivity index (χ4v) is 2.00. The standard InChI is InChI=1S/C14H18N4O/c1-3-18-10-12(15)8-13(18)14(19)17(2)9-11-4-6-16-7-5-11/h4-8,10H,3,9,15H2,1-2H3. The number of carbonyl (C=O) groups excluding carboxylic acids is 1. The molecule has 1 amide bonds. The van der Waals surface area contributed by atoms with Crippen LogP contribution < -0.4 is 5.73 Å². The lowest BCUT2D eigenvalue weighted by atomic mass is 10.2. The van der Waals surface area contributed by atoms with Gasteiger partial charge in [0.05, 0.1) is 5.69 Å². The van der Waals surface area contributed by atoms with E-state index in [1.165, 1.54) is 0 Å². The number of nitrogen functional groups attached to an aromatic ring is 1. The lowest BCUT2D eigenvalue weighted by Crippen LogP contribution is -2.28. The van der Waals surface area contributed by atoms with E-state index in [4.69, 9.17) is 5.73 Å². The van der Waals surface area contributed by atoms with Gasteiger partial charge in [-0.2, -0.15) is 0 Å². The van der Waals surface area contributed by atoms with E-state index in [-0.39, 0.29) is 5.91 Å². The summed E-state index contributed by atoms with van der Waals surface area (Å²) in [6.45, 7) is 3.26. The van der Waals surface area contributed by atoms with E-state index in [0.29, 0.717) is 17.9 Å². The van der Waals surface area contributed by atoms with E-state index in [2.05, 4.69) is 4.98 Å². The molecule has 0 spiro atoms. The summed E-state index contributed by atoms with van der Waals surface area (Å²) < 4.78 is 1.86. The van der Waals surface area contributed by atoms with Crippen molar-refractivity contribution in [2.45, 2.75) is 20.0 Å². The average molecular weight is 258 g/mol. The number of hydrogen-bond donors (Lipinski definition) is 1. The summed E-state index contributed by atoms with van der Waals surface area (Å²) in [4.78, 5) is 18.0. The first-order chi connectivity index (χ1) is 9.11. The number of aromatic nitrogens is 2. The molecule has 0 aliphatic rings. The van der Waals surface area contributed by atoms with Crippen molar-refractivity contribution in [1.82, 2.24) is 14.5 Å². The molecule has 2 rings (SSSR count). The zero-order valence-electron chi connectivity index (χ0n) is 11.2. The Hall–Kier alpha value is -2.30. The van der Waals surface area contributed by atoms with Gasteiger partial charge in [0.2, 0.25) is 0 Å². The number of nitrogens with zero attached hydrogens (tertiary/aromatic N) is 3. The predicted molar refractivity (Wildman–Crippen MR) is 74.6 cm³/mol. The summed E-state index contributed by atoms with van der Waals surface area (Å²) in [5.74, 6) is -0.0321. The Balaban J connectivity index is 2.15. The first kappa shape index (κ1) is 13.1. The number of anilines is 1. The SMILES string of the molecule is CCn1cc(N)cc1C(=O)N(C)Cc1ccncc1. The maximum atomic E-state index is 12.4. The second-order valence-electron chi connectivity index (χ2n) is 4.46. The van der Waals surface area contributed by atoms with E-state index in [1.54, 1.807) is 36.6 Å². The Kier molecular flexibility index (Phi) is 3.85. The molecule has 5 nitrogen and oxygen atoms in total. The molecule has 0 aliphatic carbocycles.